The van der Waals surface area contributed by atoms with Crippen molar-refractivity contribution in [3.05, 3.63) is 29.3 Å². The Bertz CT molecular complexity index is 677. The van der Waals surface area contributed by atoms with Crippen LogP contribution in [0.5, 0.6) is 5.75 Å². The second-order valence-electron chi connectivity index (χ2n) is 5.23. The van der Waals surface area contributed by atoms with Gasteiger partial charge in [0.05, 0.1) is 6.61 Å². The van der Waals surface area contributed by atoms with Gasteiger partial charge in [-0.2, -0.15) is 0 Å². The van der Waals surface area contributed by atoms with E-state index in [1.807, 2.05) is 0 Å². The van der Waals surface area contributed by atoms with Gasteiger partial charge in [0.15, 0.2) is 9.94 Å². The number of benzene rings is 1. The molecule has 1 aromatic carbocycles. The second kappa shape index (κ2) is 8.66. The number of hydrogen-bond acceptors (Lipinski definition) is 7. The van der Waals surface area contributed by atoms with Gasteiger partial charge in [-0.05, 0) is 38.1 Å². The number of nitrogens with zero attached hydrogens (tertiary/aromatic N) is 2. The summed E-state index contributed by atoms with van der Waals surface area (Å²) in [7, 11) is 1.65. The molecule has 0 saturated heterocycles. The Kier molecular flexibility index (Phi) is 6.85. The molecule has 1 aromatic heterocycles. The van der Waals surface area contributed by atoms with E-state index in [4.69, 9.17) is 21.1 Å². The zero-order valence-electron chi connectivity index (χ0n) is 13.5. The predicted molar refractivity (Wildman–Crippen MR) is 97.3 cm³/mol. The molecule has 0 saturated carbocycles. The molecule has 2 aromatic rings. The van der Waals surface area contributed by atoms with E-state index in [2.05, 4.69) is 15.5 Å². The van der Waals surface area contributed by atoms with Crippen LogP contribution >= 0.6 is 34.7 Å². The minimum atomic E-state index is -1.07. The molecule has 0 aliphatic heterocycles. The fraction of sp³-hybridized carbons (Fsp3) is 0.400. The number of ether oxygens (including phenoxy) is 2. The first-order chi connectivity index (χ1) is 11.4. The molecule has 0 aliphatic carbocycles. The van der Waals surface area contributed by atoms with Crippen LogP contribution in [0, 0.1) is 0 Å². The van der Waals surface area contributed by atoms with E-state index in [0.717, 1.165) is 10.1 Å². The lowest BCUT2D eigenvalue weighted by molar-refractivity contribution is -0.128. The molecule has 1 heterocycles. The van der Waals surface area contributed by atoms with Crippen molar-refractivity contribution in [3.63, 3.8) is 0 Å². The normalized spacial score (nSPS) is 11.3. The van der Waals surface area contributed by atoms with Gasteiger partial charge in [0.25, 0.3) is 5.91 Å². The summed E-state index contributed by atoms with van der Waals surface area (Å²) < 4.78 is 11.5. The van der Waals surface area contributed by atoms with Gasteiger partial charge in [-0.25, -0.2) is 0 Å². The van der Waals surface area contributed by atoms with E-state index >= 15 is 0 Å². The van der Waals surface area contributed by atoms with E-state index in [1.165, 1.54) is 23.1 Å². The molecule has 130 valence electrons. The van der Waals surface area contributed by atoms with Crippen LogP contribution < -0.4 is 10.1 Å². The van der Waals surface area contributed by atoms with E-state index in [1.54, 1.807) is 45.2 Å². The molecule has 6 nitrogen and oxygen atoms in total. The summed E-state index contributed by atoms with van der Waals surface area (Å²) in [6.45, 7) is 4.01. The van der Waals surface area contributed by atoms with Crippen LogP contribution in [0.3, 0.4) is 0 Å². The van der Waals surface area contributed by atoms with Crippen molar-refractivity contribution in [3.8, 4) is 5.75 Å². The van der Waals surface area contributed by atoms with Gasteiger partial charge in [-0.1, -0.05) is 34.7 Å². The predicted octanol–water partition coefficient (Wildman–Crippen LogP) is 3.73. The van der Waals surface area contributed by atoms with Crippen LogP contribution in [0.1, 0.15) is 13.8 Å². The van der Waals surface area contributed by atoms with Gasteiger partial charge in [0.2, 0.25) is 5.13 Å². The SMILES string of the molecule is COCCSc1nnc(NC(=O)C(C)(C)Oc2ccc(Cl)cc2)s1. The van der Waals surface area contributed by atoms with Crippen molar-refractivity contribution in [1.29, 1.82) is 0 Å². The molecule has 2 rings (SSSR count). The van der Waals surface area contributed by atoms with Crippen molar-refractivity contribution in [1.82, 2.24) is 10.2 Å². The monoisotopic (exact) mass is 387 g/mol. The summed E-state index contributed by atoms with van der Waals surface area (Å²) in [4.78, 5) is 12.4. The molecule has 9 heteroatoms. The van der Waals surface area contributed by atoms with Crippen LogP contribution in [-0.4, -0.2) is 41.2 Å². The van der Waals surface area contributed by atoms with Crippen LogP contribution in [0.2, 0.25) is 5.02 Å². The molecule has 24 heavy (non-hydrogen) atoms. The minimum Gasteiger partial charge on any atom is -0.478 e. The van der Waals surface area contributed by atoms with Gasteiger partial charge >= 0.3 is 0 Å². The Balaban J connectivity index is 1.93. The van der Waals surface area contributed by atoms with Crippen LogP contribution in [0.4, 0.5) is 5.13 Å². The molecular weight excluding hydrogens is 370 g/mol. The Morgan fingerprint density at radius 1 is 1.33 bits per heavy atom. The Morgan fingerprint density at radius 2 is 2.04 bits per heavy atom. The van der Waals surface area contributed by atoms with Crippen molar-refractivity contribution in [2.24, 2.45) is 0 Å². The molecule has 0 bridgehead atoms. The number of carbonyl (C=O) groups excluding carboxylic acids is 1. The summed E-state index contributed by atoms with van der Waals surface area (Å²) in [5.41, 5.74) is -1.07. The van der Waals surface area contributed by atoms with Crippen molar-refractivity contribution < 1.29 is 14.3 Å². The van der Waals surface area contributed by atoms with Gasteiger partial charge in [0, 0.05) is 17.9 Å². The summed E-state index contributed by atoms with van der Waals surface area (Å²) in [6, 6.07) is 6.85. The van der Waals surface area contributed by atoms with E-state index in [0.29, 0.717) is 22.5 Å². The quantitative estimate of drug-likeness (QED) is 0.422. The van der Waals surface area contributed by atoms with Crippen LogP contribution in [0.25, 0.3) is 0 Å². The Hall–Kier alpha value is -1.35. The molecule has 0 atom stereocenters. The number of methoxy groups -OCH3 is 1. The summed E-state index contributed by atoms with van der Waals surface area (Å²) in [5.74, 6) is 1.04. The van der Waals surface area contributed by atoms with Gasteiger partial charge < -0.3 is 9.47 Å². The molecule has 1 N–H and O–H groups in total. The number of amides is 1. The zero-order chi connectivity index (χ0) is 17.6. The molecule has 1 amide bonds. The number of thioether (sulfide) groups is 1. The third kappa shape index (κ3) is 5.62. The lowest BCUT2D eigenvalue weighted by Gasteiger charge is -2.24. The van der Waals surface area contributed by atoms with Crippen LogP contribution in [-0.2, 0) is 9.53 Å². The molecular formula is C15H18ClN3O3S2. The molecule has 0 spiro atoms. The standard InChI is InChI=1S/C15H18ClN3O3S2/c1-15(2,22-11-6-4-10(16)5-7-11)12(20)17-13-18-19-14(24-13)23-9-8-21-3/h4-7H,8-9H2,1-3H3,(H,17,18,20). The smallest absolute Gasteiger partial charge is 0.269 e. The van der Waals surface area contributed by atoms with Gasteiger partial charge in [0.1, 0.15) is 5.75 Å². The molecule has 0 unspecified atom stereocenters. The fourth-order valence-electron chi connectivity index (χ4n) is 1.62. The zero-order valence-corrected chi connectivity index (χ0v) is 15.9. The maximum Gasteiger partial charge on any atom is 0.269 e. The minimum absolute atomic E-state index is 0.304. The molecule has 0 fully saturated rings. The highest BCUT2D eigenvalue weighted by atomic mass is 35.5. The Morgan fingerprint density at radius 3 is 2.71 bits per heavy atom. The first kappa shape index (κ1) is 19.0. The highest BCUT2D eigenvalue weighted by Crippen LogP contribution is 2.27. The Labute approximate surface area is 153 Å². The highest BCUT2D eigenvalue weighted by Gasteiger charge is 2.31. The third-order valence-corrected chi connectivity index (χ3v) is 5.06. The van der Waals surface area contributed by atoms with Crippen molar-refractivity contribution in [2.75, 3.05) is 24.8 Å². The first-order valence-electron chi connectivity index (χ1n) is 7.12. The van der Waals surface area contributed by atoms with E-state index in [-0.39, 0.29) is 5.91 Å². The number of carbonyl (C=O) groups is 1. The number of aromatic nitrogens is 2. The largest absolute Gasteiger partial charge is 0.478 e. The van der Waals surface area contributed by atoms with E-state index in [9.17, 15) is 4.79 Å². The maximum atomic E-state index is 12.4. The second-order valence-corrected chi connectivity index (χ2v) is 7.99. The number of halogens is 1. The average molecular weight is 388 g/mol. The third-order valence-electron chi connectivity index (χ3n) is 2.87. The van der Waals surface area contributed by atoms with Crippen molar-refractivity contribution >= 4 is 45.7 Å². The molecule has 0 aliphatic rings. The topological polar surface area (TPSA) is 73.3 Å². The molecule has 0 radical (unpaired) electrons. The fourth-order valence-corrected chi connectivity index (χ4v) is 3.47. The van der Waals surface area contributed by atoms with Gasteiger partial charge in [-0.15, -0.1) is 10.2 Å². The highest BCUT2D eigenvalue weighted by molar-refractivity contribution is 8.01. The summed E-state index contributed by atoms with van der Waals surface area (Å²) >= 11 is 8.69. The first-order valence-corrected chi connectivity index (χ1v) is 9.30. The number of nitrogens with one attached hydrogen (secondary N) is 1. The van der Waals surface area contributed by atoms with Crippen LogP contribution in [0.15, 0.2) is 28.6 Å². The number of anilines is 1. The average Bonchev–Trinajstić information content (AvgIpc) is 2.97. The summed E-state index contributed by atoms with van der Waals surface area (Å²) in [6.07, 6.45) is 0. The van der Waals surface area contributed by atoms with E-state index < -0.39 is 5.60 Å². The van der Waals surface area contributed by atoms with Crippen molar-refractivity contribution in [2.45, 2.75) is 23.8 Å². The maximum absolute atomic E-state index is 12.4. The number of rotatable bonds is 8. The van der Waals surface area contributed by atoms with Gasteiger partial charge in [-0.3, -0.25) is 10.1 Å². The lowest BCUT2D eigenvalue weighted by Crippen LogP contribution is -2.42. The lowest BCUT2D eigenvalue weighted by atomic mass is 10.1. The summed E-state index contributed by atoms with van der Waals surface area (Å²) in [5, 5.41) is 11.8. The number of hydrogen-bond donors (Lipinski definition) is 1.